The third-order valence-electron chi connectivity index (χ3n) is 4.21. The molecule has 1 aromatic heterocycles. The number of anilines is 1. The van der Waals surface area contributed by atoms with Gasteiger partial charge in [-0.1, -0.05) is 12.2 Å². The van der Waals surface area contributed by atoms with Gasteiger partial charge in [0.15, 0.2) is 5.88 Å². The number of aromatic amines is 1. The minimum absolute atomic E-state index is 0.107. The molecule has 0 fully saturated rings. The van der Waals surface area contributed by atoms with Gasteiger partial charge >= 0.3 is 0 Å². The quantitative estimate of drug-likeness (QED) is 0.553. The lowest BCUT2D eigenvalue weighted by Crippen LogP contribution is -2.19. The Balaban J connectivity index is 1.65. The summed E-state index contributed by atoms with van der Waals surface area (Å²) in [6, 6.07) is 8.90. The number of hydrogen-bond donors (Lipinski definition) is 2. The maximum absolute atomic E-state index is 14.3. The van der Waals surface area contributed by atoms with Crippen molar-refractivity contribution in [1.82, 2.24) is 4.98 Å². The van der Waals surface area contributed by atoms with Crippen molar-refractivity contribution in [2.75, 3.05) is 18.0 Å². The topological polar surface area (TPSA) is 51.6 Å². The molecular formula is C19H15F2N3O. The summed E-state index contributed by atoms with van der Waals surface area (Å²) in [7, 11) is 0. The molecule has 1 aliphatic rings. The second kappa shape index (κ2) is 6.05. The van der Waals surface area contributed by atoms with Crippen molar-refractivity contribution < 1.29 is 13.9 Å². The van der Waals surface area contributed by atoms with E-state index in [4.69, 9.17) is 0 Å². The van der Waals surface area contributed by atoms with Crippen molar-refractivity contribution in [1.29, 1.82) is 0 Å². The number of H-pyrrole nitrogens is 1. The normalized spacial score (nSPS) is 14.2. The minimum Gasteiger partial charge on any atom is -0.494 e. The Morgan fingerprint density at radius 3 is 2.64 bits per heavy atom. The zero-order valence-corrected chi connectivity index (χ0v) is 13.2. The van der Waals surface area contributed by atoms with Crippen LogP contribution in [0.3, 0.4) is 0 Å². The third-order valence-corrected chi connectivity index (χ3v) is 4.21. The van der Waals surface area contributed by atoms with Crippen LogP contribution in [0.25, 0.3) is 10.9 Å². The molecule has 2 heterocycles. The molecular weight excluding hydrogens is 324 g/mol. The second-order valence-electron chi connectivity index (χ2n) is 5.85. The first-order chi connectivity index (χ1) is 12.1. The molecule has 3 aromatic rings. The Hall–Kier alpha value is -3.15. The van der Waals surface area contributed by atoms with E-state index in [-0.39, 0.29) is 11.7 Å². The highest BCUT2D eigenvalue weighted by Gasteiger charge is 2.13. The highest BCUT2D eigenvalue weighted by molar-refractivity contribution is 6.02. The fourth-order valence-electron chi connectivity index (χ4n) is 2.95. The van der Waals surface area contributed by atoms with Crippen LogP contribution >= 0.6 is 0 Å². The molecule has 0 unspecified atom stereocenters. The largest absolute Gasteiger partial charge is 0.494 e. The molecule has 6 heteroatoms. The number of aromatic nitrogens is 1. The molecule has 4 nitrogen and oxygen atoms in total. The van der Waals surface area contributed by atoms with Gasteiger partial charge in [0, 0.05) is 36.3 Å². The lowest BCUT2D eigenvalue weighted by molar-refractivity contribution is 0.457. The molecule has 126 valence electrons. The van der Waals surface area contributed by atoms with Crippen LogP contribution < -0.4 is 4.90 Å². The van der Waals surface area contributed by atoms with Gasteiger partial charge in [0.25, 0.3) is 0 Å². The Morgan fingerprint density at radius 1 is 1.08 bits per heavy atom. The van der Waals surface area contributed by atoms with Gasteiger partial charge in [-0.15, -0.1) is 0 Å². The SMILES string of the molecule is Oc1[nH]c2ccc(F)cc2c1C=Nc1ccc(N2CC=CC2)c(F)c1. The lowest BCUT2D eigenvalue weighted by atomic mass is 10.2. The molecule has 0 amide bonds. The van der Waals surface area contributed by atoms with Gasteiger partial charge < -0.3 is 15.0 Å². The third kappa shape index (κ3) is 2.87. The zero-order valence-electron chi connectivity index (χ0n) is 13.2. The summed E-state index contributed by atoms with van der Waals surface area (Å²) >= 11 is 0. The lowest BCUT2D eigenvalue weighted by Gasteiger charge is -2.18. The number of aliphatic imine (C=N–C) groups is 1. The summed E-state index contributed by atoms with van der Waals surface area (Å²) in [4.78, 5) is 8.89. The maximum atomic E-state index is 14.3. The molecule has 2 N–H and O–H groups in total. The number of nitrogens with one attached hydrogen (secondary N) is 1. The number of rotatable bonds is 3. The fourth-order valence-corrected chi connectivity index (χ4v) is 2.95. The number of hydrogen-bond acceptors (Lipinski definition) is 3. The first-order valence-corrected chi connectivity index (χ1v) is 7.85. The van der Waals surface area contributed by atoms with Crippen LogP contribution in [-0.2, 0) is 0 Å². The summed E-state index contributed by atoms with van der Waals surface area (Å²) in [6.45, 7) is 1.38. The van der Waals surface area contributed by atoms with Gasteiger partial charge in [0.05, 0.1) is 16.9 Å². The van der Waals surface area contributed by atoms with E-state index in [1.54, 1.807) is 18.2 Å². The van der Waals surface area contributed by atoms with E-state index in [1.807, 2.05) is 17.1 Å². The summed E-state index contributed by atoms with van der Waals surface area (Å²) < 4.78 is 27.7. The number of fused-ring (bicyclic) bond motifs is 1. The number of aromatic hydroxyl groups is 1. The Kier molecular flexibility index (Phi) is 3.72. The molecule has 0 spiro atoms. The van der Waals surface area contributed by atoms with Gasteiger partial charge in [0.1, 0.15) is 11.6 Å². The van der Waals surface area contributed by atoms with Crippen molar-refractivity contribution in [3.05, 3.63) is 65.7 Å². The molecule has 1 aliphatic heterocycles. The number of halogens is 2. The fraction of sp³-hybridized carbons (Fsp3) is 0.105. The standard InChI is InChI=1S/C19H15F2N3O/c20-12-3-5-17-14(9-12)15(19(25)23-17)11-22-13-4-6-18(16(21)10-13)24-7-1-2-8-24/h1-6,9-11,23,25H,7-8H2. The van der Waals surface area contributed by atoms with Crippen molar-refractivity contribution in [3.8, 4) is 5.88 Å². The van der Waals surface area contributed by atoms with E-state index >= 15 is 0 Å². The first kappa shape index (κ1) is 15.4. The van der Waals surface area contributed by atoms with Crippen molar-refractivity contribution in [2.45, 2.75) is 0 Å². The molecule has 4 rings (SSSR count). The van der Waals surface area contributed by atoms with Crippen LogP contribution in [0.15, 0.2) is 53.5 Å². The van der Waals surface area contributed by atoms with Crippen LogP contribution in [0.2, 0.25) is 0 Å². The summed E-state index contributed by atoms with van der Waals surface area (Å²) in [5.74, 6) is -0.868. The zero-order chi connectivity index (χ0) is 17.4. The molecule has 0 saturated carbocycles. The van der Waals surface area contributed by atoms with E-state index in [0.29, 0.717) is 40.9 Å². The predicted molar refractivity (Wildman–Crippen MR) is 94.9 cm³/mol. The average Bonchev–Trinajstić information content (AvgIpc) is 3.21. The van der Waals surface area contributed by atoms with E-state index in [0.717, 1.165) is 0 Å². The molecule has 2 aromatic carbocycles. The van der Waals surface area contributed by atoms with Crippen LogP contribution in [0.4, 0.5) is 20.2 Å². The van der Waals surface area contributed by atoms with Crippen LogP contribution in [-0.4, -0.2) is 29.4 Å². The molecule has 25 heavy (non-hydrogen) atoms. The van der Waals surface area contributed by atoms with E-state index in [2.05, 4.69) is 9.98 Å². The number of nitrogens with zero attached hydrogens (tertiary/aromatic N) is 2. The van der Waals surface area contributed by atoms with Crippen LogP contribution in [0.5, 0.6) is 5.88 Å². The van der Waals surface area contributed by atoms with E-state index in [1.165, 1.54) is 24.4 Å². The summed E-state index contributed by atoms with van der Waals surface area (Å²) in [6.07, 6.45) is 5.38. The van der Waals surface area contributed by atoms with Crippen molar-refractivity contribution >= 4 is 28.5 Å². The van der Waals surface area contributed by atoms with Gasteiger partial charge in [-0.05, 0) is 30.3 Å². The van der Waals surface area contributed by atoms with Crippen LogP contribution in [0.1, 0.15) is 5.56 Å². The maximum Gasteiger partial charge on any atom is 0.198 e. The molecule has 0 radical (unpaired) electrons. The van der Waals surface area contributed by atoms with Crippen molar-refractivity contribution in [3.63, 3.8) is 0 Å². The first-order valence-electron chi connectivity index (χ1n) is 7.85. The van der Waals surface area contributed by atoms with Crippen LogP contribution in [0, 0.1) is 11.6 Å². The molecule has 0 saturated heterocycles. The van der Waals surface area contributed by atoms with Crippen molar-refractivity contribution in [2.24, 2.45) is 4.99 Å². The molecule has 0 aliphatic carbocycles. The smallest absolute Gasteiger partial charge is 0.198 e. The molecule has 0 atom stereocenters. The average molecular weight is 339 g/mol. The minimum atomic E-state index is -0.407. The second-order valence-corrected chi connectivity index (χ2v) is 5.85. The van der Waals surface area contributed by atoms with Gasteiger partial charge in [-0.25, -0.2) is 8.78 Å². The van der Waals surface area contributed by atoms with E-state index < -0.39 is 5.82 Å². The Labute approximate surface area is 142 Å². The number of benzene rings is 2. The Morgan fingerprint density at radius 2 is 1.88 bits per heavy atom. The predicted octanol–water partition coefficient (Wildman–Crippen LogP) is 4.28. The highest BCUT2D eigenvalue weighted by atomic mass is 19.1. The molecule has 0 bridgehead atoms. The summed E-state index contributed by atoms with van der Waals surface area (Å²) in [5.41, 5.74) is 1.91. The highest BCUT2D eigenvalue weighted by Crippen LogP contribution is 2.28. The van der Waals surface area contributed by atoms with Gasteiger partial charge in [-0.3, -0.25) is 4.99 Å². The van der Waals surface area contributed by atoms with Gasteiger partial charge in [-0.2, -0.15) is 0 Å². The van der Waals surface area contributed by atoms with Gasteiger partial charge in [0.2, 0.25) is 0 Å². The van der Waals surface area contributed by atoms with E-state index in [9.17, 15) is 13.9 Å². The summed E-state index contributed by atoms with van der Waals surface area (Å²) in [5, 5.41) is 10.5. The Bertz CT molecular complexity index is 999. The monoisotopic (exact) mass is 339 g/mol.